The summed E-state index contributed by atoms with van der Waals surface area (Å²) in [4.78, 5) is 26.7. The molecule has 1 saturated heterocycles. The summed E-state index contributed by atoms with van der Waals surface area (Å²) >= 11 is 0. The third kappa shape index (κ3) is 4.36. The minimum absolute atomic E-state index is 0.0632. The number of likely N-dealkylation sites (tertiary alicyclic amines) is 1. The van der Waals surface area contributed by atoms with Gasteiger partial charge in [0.15, 0.2) is 0 Å². The molecule has 0 aromatic heterocycles. The SMILES string of the molecule is CCCOc1ccc(/C(O)=C2/C(=O)C(=O)N(CCCO)C2c2ccc(F)cc2)cc1. The number of hydrogen-bond acceptors (Lipinski definition) is 5. The number of carbonyl (C=O) groups excluding carboxylic acids is 2. The average Bonchev–Trinajstić information content (AvgIpc) is 3.01. The highest BCUT2D eigenvalue weighted by Crippen LogP contribution is 2.39. The second-order valence-electron chi connectivity index (χ2n) is 6.99. The maximum absolute atomic E-state index is 13.4. The van der Waals surface area contributed by atoms with Crippen molar-refractivity contribution < 1.29 is 28.9 Å². The summed E-state index contributed by atoms with van der Waals surface area (Å²) in [5.74, 6) is -1.70. The van der Waals surface area contributed by atoms with E-state index < -0.39 is 23.5 Å². The molecule has 0 bridgehead atoms. The van der Waals surface area contributed by atoms with E-state index in [9.17, 15) is 19.1 Å². The Kier molecular flexibility index (Phi) is 6.84. The van der Waals surface area contributed by atoms with Crippen molar-refractivity contribution in [3.8, 4) is 5.75 Å². The fourth-order valence-corrected chi connectivity index (χ4v) is 3.43. The van der Waals surface area contributed by atoms with Crippen molar-refractivity contribution in [1.29, 1.82) is 0 Å². The summed E-state index contributed by atoms with van der Waals surface area (Å²) in [6.07, 6.45) is 1.13. The van der Waals surface area contributed by atoms with Crippen molar-refractivity contribution in [1.82, 2.24) is 4.90 Å². The van der Waals surface area contributed by atoms with E-state index in [-0.39, 0.29) is 30.9 Å². The van der Waals surface area contributed by atoms with Crippen LogP contribution in [-0.4, -0.2) is 46.6 Å². The quantitative estimate of drug-likeness (QED) is 0.393. The van der Waals surface area contributed by atoms with Gasteiger partial charge in [-0.2, -0.15) is 0 Å². The predicted molar refractivity (Wildman–Crippen MR) is 109 cm³/mol. The first-order valence-corrected chi connectivity index (χ1v) is 9.86. The minimum Gasteiger partial charge on any atom is -0.507 e. The molecule has 1 amide bonds. The summed E-state index contributed by atoms with van der Waals surface area (Å²) in [6.45, 7) is 2.53. The number of halogens is 1. The molecule has 1 aliphatic heterocycles. The second kappa shape index (κ2) is 9.54. The van der Waals surface area contributed by atoms with E-state index in [1.807, 2.05) is 6.92 Å². The van der Waals surface area contributed by atoms with Crippen molar-refractivity contribution in [2.75, 3.05) is 19.8 Å². The highest BCUT2D eigenvalue weighted by molar-refractivity contribution is 6.46. The average molecular weight is 413 g/mol. The molecular weight excluding hydrogens is 389 g/mol. The van der Waals surface area contributed by atoms with Crippen LogP contribution in [0.15, 0.2) is 54.1 Å². The van der Waals surface area contributed by atoms with Crippen LogP contribution >= 0.6 is 0 Å². The summed E-state index contributed by atoms with van der Waals surface area (Å²) in [5.41, 5.74) is 0.802. The maximum atomic E-state index is 13.4. The van der Waals surface area contributed by atoms with Gasteiger partial charge in [0.2, 0.25) is 0 Å². The lowest BCUT2D eigenvalue weighted by Crippen LogP contribution is -2.31. The van der Waals surface area contributed by atoms with Crippen LogP contribution in [-0.2, 0) is 9.59 Å². The molecule has 0 aliphatic carbocycles. The molecule has 1 fully saturated rings. The van der Waals surface area contributed by atoms with Gasteiger partial charge in [-0.05, 0) is 54.8 Å². The normalized spacial score (nSPS) is 18.1. The van der Waals surface area contributed by atoms with Crippen LogP contribution < -0.4 is 4.74 Å². The number of benzene rings is 2. The molecule has 1 aliphatic rings. The van der Waals surface area contributed by atoms with E-state index in [0.717, 1.165) is 6.42 Å². The molecule has 3 rings (SSSR count). The van der Waals surface area contributed by atoms with Gasteiger partial charge in [-0.25, -0.2) is 4.39 Å². The van der Waals surface area contributed by atoms with Crippen molar-refractivity contribution in [2.45, 2.75) is 25.8 Å². The van der Waals surface area contributed by atoms with Gasteiger partial charge in [0.05, 0.1) is 18.2 Å². The largest absolute Gasteiger partial charge is 0.507 e. The summed E-state index contributed by atoms with van der Waals surface area (Å²) in [7, 11) is 0. The topological polar surface area (TPSA) is 87.1 Å². The lowest BCUT2D eigenvalue weighted by molar-refractivity contribution is -0.140. The Bertz CT molecular complexity index is 937. The van der Waals surface area contributed by atoms with Crippen LogP contribution in [0.2, 0.25) is 0 Å². The summed E-state index contributed by atoms with van der Waals surface area (Å²) < 4.78 is 19.0. The molecule has 1 unspecified atom stereocenters. The van der Waals surface area contributed by atoms with Gasteiger partial charge in [0.25, 0.3) is 11.7 Å². The number of ketones is 1. The predicted octanol–water partition coefficient (Wildman–Crippen LogP) is 3.42. The molecule has 30 heavy (non-hydrogen) atoms. The number of ether oxygens (including phenoxy) is 1. The number of rotatable bonds is 8. The van der Waals surface area contributed by atoms with Gasteiger partial charge >= 0.3 is 0 Å². The molecule has 1 heterocycles. The molecule has 2 N–H and O–H groups in total. The molecule has 2 aromatic carbocycles. The van der Waals surface area contributed by atoms with Gasteiger partial charge < -0.3 is 19.8 Å². The fourth-order valence-electron chi connectivity index (χ4n) is 3.43. The Morgan fingerprint density at radius 1 is 1.10 bits per heavy atom. The number of hydrogen-bond donors (Lipinski definition) is 2. The van der Waals surface area contributed by atoms with Crippen LogP contribution in [0.1, 0.15) is 36.9 Å². The zero-order valence-corrected chi connectivity index (χ0v) is 16.7. The number of amides is 1. The van der Waals surface area contributed by atoms with E-state index in [0.29, 0.717) is 23.5 Å². The Morgan fingerprint density at radius 2 is 1.77 bits per heavy atom. The fraction of sp³-hybridized carbons (Fsp3) is 0.304. The first-order chi connectivity index (χ1) is 14.5. The smallest absolute Gasteiger partial charge is 0.295 e. The van der Waals surface area contributed by atoms with E-state index >= 15 is 0 Å². The van der Waals surface area contributed by atoms with Crippen LogP contribution in [0, 0.1) is 5.82 Å². The van der Waals surface area contributed by atoms with Crippen molar-refractivity contribution in [2.24, 2.45) is 0 Å². The molecule has 7 heteroatoms. The molecule has 0 saturated carbocycles. The molecular formula is C23H24FNO5. The first kappa shape index (κ1) is 21.5. The third-order valence-corrected chi connectivity index (χ3v) is 4.88. The number of nitrogens with zero attached hydrogens (tertiary/aromatic N) is 1. The van der Waals surface area contributed by atoms with Gasteiger partial charge in [-0.3, -0.25) is 9.59 Å². The Hall–Kier alpha value is -3.19. The van der Waals surface area contributed by atoms with Crippen LogP contribution in [0.5, 0.6) is 5.75 Å². The lowest BCUT2D eigenvalue weighted by atomic mass is 9.95. The van der Waals surface area contributed by atoms with Gasteiger partial charge in [-0.15, -0.1) is 0 Å². The van der Waals surface area contributed by atoms with E-state index in [2.05, 4.69) is 0 Å². The zero-order valence-electron chi connectivity index (χ0n) is 16.7. The molecule has 0 radical (unpaired) electrons. The van der Waals surface area contributed by atoms with Gasteiger partial charge in [0.1, 0.15) is 17.3 Å². The van der Waals surface area contributed by atoms with Gasteiger partial charge in [-0.1, -0.05) is 19.1 Å². The molecule has 158 valence electrons. The standard InChI is InChI=1S/C23H24FNO5/c1-2-14-30-18-10-6-16(7-11-18)21(27)19-20(15-4-8-17(24)9-5-15)25(12-3-13-26)23(29)22(19)28/h4-11,20,26-27H,2-3,12-14H2,1H3/b21-19-. The van der Waals surface area contributed by atoms with Crippen LogP contribution in [0.25, 0.3) is 5.76 Å². The van der Waals surface area contributed by atoms with Gasteiger partial charge in [0, 0.05) is 18.7 Å². The van der Waals surface area contributed by atoms with E-state index in [1.54, 1.807) is 24.3 Å². The summed E-state index contributed by atoms with van der Waals surface area (Å²) in [6, 6.07) is 11.2. The number of Topliss-reactive ketones (excluding diaryl/α,β-unsaturated/α-hetero) is 1. The Morgan fingerprint density at radius 3 is 2.37 bits per heavy atom. The molecule has 2 aromatic rings. The third-order valence-electron chi connectivity index (χ3n) is 4.88. The lowest BCUT2D eigenvalue weighted by Gasteiger charge is -2.25. The first-order valence-electron chi connectivity index (χ1n) is 9.86. The number of aliphatic hydroxyl groups is 2. The molecule has 1 atom stereocenters. The Labute approximate surface area is 174 Å². The molecule has 0 spiro atoms. The highest BCUT2D eigenvalue weighted by atomic mass is 19.1. The molecule has 6 nitrogen and oxygen atoms in total. The Balaban J connectivity index is 2.04. The zero-order chi connectivity index (χ0) is 21.7. The van der Waals surface area contributed by atoms with Crippen molar-refractivity contribution in [3.63, 3.8) is 0 Å². The highest BCUT2D eigenvalue weighted by Gasteiger charge is 2.45. The second-order valence-corrected chi connectivity index (χ2v) is 6.99. The van der Waals surface area contributed by atoms with E-state index in [1.165, 1.54) is 29.2 Å². The van der Waals surface area contributed by atoms with Crippen molar-refractivity contribution in [3.05, 3.63) is 71.0 Å². The summed E-state index contributed by atoms with van der Waals surface area (Å²) in [5, 5.41) is 20.1. The number of carbonyl (C=O) groups is 2. The monoisotopic (exact) mass is 413 g/mol. The van der Waals surface area contributed by atoms with Crippen LogP contribution in [0.3, 0.4) is 0 Å². The van der Waals surface area contributed by atoms with Crippen molar-refractivity contribution >= 4 is 17.4 Å². The van der Waals surface area contributed by atoms with E-state index in [4.69, 9.17) is 9.84 Å². The van der Waals surface area contributed by atoms with Crippen LogP contribution in [0.4, 0.5) is 4.39 Å². The number of aliphatic hydroxyl groups excluding tert-OH is 2. The maximum Gasteiger partial charge on any atom is 0.295 e. The minimum atomic E-state index is -0.867.